The van der Waals surface area contributed by atoms with Crippen LogP contribution < -0.4 is 10.5 Å². The molecule has 0 saturated carbocycles. The Morgan fingerprint density at radius 1 is 1.45 bits per heavy atom. The Morgan fingerprint density at radius 2 is 2.23 bits per heavy atom. The molecular formula is C14H20N2O5S. The number of carbonyl (C=O) groups is 1. The summed E-state index contributed by atoms with van der Waals surface area (Å²) in [5.41, 5.74) is 6.17. The fourth-order valence-corrected chi connectivity index (χ4v) is 3.68. The third-order valence-electron chi connectivity index (χ3n) is 3.46. The minimum Gasteiger partial charge on any atom is -0.465 e. The predicted octanol–water partition coefficient (Wildman–Crippen LogP) is 1.37. The first-order valence-electron chi connectivity index (χ1n) is 7.02. The lowest BCUT2D eigenvalue weighted by Crippen LogP contribution is -2.31. The Hall–Kier alpha value is -1.80. The Labute approximate surface area is 129 Å². The van der Waals surface area contributed by atoms with Crippen molar-refractivity contribution >= 4 is 27.4 Å². The largest absolute Gasteiger partial charge is 0.465 e. The second-order valence-corrected chi connectivity index (χ2v) is 6.90. The molecule has 1 aliphatic heterocycles. The van der Waals surface area contributed by atoms with E-state index in [1.54, 1.807) is 0 Å². The van der Waals surface area contributed by atoms with Crippen LogP contribution in [0.2, 0.25) is 0 Å². The smallest absolute Gasteiger partial charge is 0.340 e. The highest BCUT2D eigenvalue weighted by atomic mass is 32.2. The van der Waals surface area contributed by atoms with Crippen molar-refractivity contribution in [2.24, 2.45) is 0 Å². The van der Waals surface area contributed by atoms with E-state index in [2.05, 4.69) is 9.46 Å². The maximum Gasteiger partial charge on any atom is 0.340 e. The SMILES string of the molecule is COC(=O)c1cccc(NS(=O)(=O)C[C@H]2CCCCO2)c1N. The molecule has 1 heterocycles. The quantitative estimate of drug-likeness (QED) is 0.624. The van der Waals surface area contributed by atoms with E-state index in [-0.39, 0.29) is 28.8 Å². The summed E-state index contributed by atoms with van der Waals surface area (Å²) in [6, 6.07) is 4.52. The van der Waals surface area contributed by atoms with E-state index in [4.69, 9.17) is 10.5 Å². The highest BCUT2D eigenvalue weighted by Gasteiger charge is 2.23. The van der Waals surface area contributed by atoms with Crippen LogP contribution >= 0.6 is 0 Å². The molecule has 1 saturated heterocycles. The molecule has 1 aromatic carbocycles. The number of methoxy groups -OCH3 is 1. The normalized spacial score (nSPS) is 18.7. The Bertz CT molecular complexity index is 639. The summed E-state index contributed by atoms with van der Waals surface area (Å²) >= 11 is 0. The number of ether oxygens (including phenoxy) is 2. The lowest BCUT2D eigenvalue weighted by atomic mass is 10.1. The number of hydrogen-bond acceptors (Lipinski definition) is 6. The van der Waals surface area contributed by atoms with Crippen molar-refractivity contribution < 1.29 is 22.7 Å². The lowest BCUT2D eigenvalue weighted by Gasteiger charge is -2.22. The van der Waals surface area contributed by atoms with E-state index < -0.39 is 16.0 Å². The van der Waals surface area contributed by atoms with Crippen LogP contribution in [0.4, 0.5) is 11.4 Å². The van der Waals surface area contributed by atoms with Crippen LogP contribution in [0, 0.1) is 0 Å². The van der Waals surface area contributed by atoms with Crippen LogP contribution in [0.1, 0.15) is 29.6 Å². The molecular weight excluding hydrogens is 308 g/mol. The molecule has 8 heteroatoms. The van der Waals surface area contributed by atoms with Gasteiger partial charge in [0.05, 0.1) is 35.9 Å². The molecule has 0 radical (unpaired) electrons. The zero-order valence-electron chi connectivity index (χ0n) is 12.4. The van der Waals surface area contributed by atoms with Crippen LogP contribution in [-0.4, -0.2) is 40.0 Å². The number of esters is 1. The summed E-state index contributed by atoms with van der Waals surface area (Å²) < 4.78 is 36.9. The number of sulfonamides is 1. The van der Waals surface area contributed by atoms with Gasteiger partial charge in [-0.3, -0.25) is 4.72 Å². The van der Waals surface area contributed by atoms with Gasteiger partial charge in [0, 0.05) is 6.61 Å². The molecule has 3 N–H and O–H groups in total. The van der Waals surface area contributed by atoms with E-state index in [1.807, 2.05) is 0 Å². The molecule has 0 aromatic heterocycles. The minimum atomic E-state index is -3.61. The van der Waals surface area contributed by atoms with E-state index in [9.17, 15) is 13.2 Å². The van der Waals surface area contributed by atoms with Crippen LogP contribution in [0.3, 0.4) is 0 Å². The fraction of sp³-hybridized carbons (Fsp3) is 0.500. The van der Waals surface area contributed by atoms with Gasteiger partial charge in [-0.2, -0.15) is 0 Å². The van der Waals surface area contributed by atoms with Gasteiger partial charge in [0.1, 0.15) is 0 Å². The molecule has 7 nitrogen and oxygen atoms in total. The van der Waals surface area contributed by atoms with Crippen LogP contribution in [0.5, 0.6) is 0 Å². The monoisotopic (exact) mass is 328 g/mol. The number of nitrogens with one attached hydrogen (secondary N) is 1. The highest BCUT2D eigenvalue weighted by molar-refractivity contribution is 7.92. The first kappa shape index (κ1) is 16.6. The number of nitrogen functional groups attached to an aromatic ring is 1. The molecule has 0 spiro atoms. The minimum absolute atomic E-state index is 0.0440. The first-order valence-corrected chi connectivity index (χ1v) is 8.67. The standard InChI is InChI=1S/C14H20N2O5S/c1-20-14(17)11-6-4-7-12(13(11)15)16-22(18,19)9-10-5-2-3-8-21-10/h4,6-7,10,16H,2-3,5,8-9,15H2,1H3/t10-/m1/s1. The summed E-state index contributed by atoms with van der Waals surface area (Å²) in [7, 11) is -2.38. The summed E-state index contributed by atoms with van der Waals surface area (Å²) in [6.07, 6.45) is 2.33. The summed E-state index contributed by atoms with van der Waals surface area (Å²) in [4.78, 5) is 11.6. The Kier molecular flexibility index (Phi) is 5.25. The van der Waals surface area contributed by atoms with Gasteiger partial charge in [-0.1, -0.05) is 6.07 Å². The van der Waals surface area contributed by atoms with E-state index in [0.29, 0.717) is 6.61 Å². The van der Waals surface area contributed by atoms with Crippen LogP contribution in [0.15, 0.2) is 18.2 Å². The molecule has 22 heavy (non-hydrogen) atoms. The zero-order chi connectivity index (χ0) is 16.2. The molecule has 1 aliphatic rings. The molecule has 122 valence electrons. The summed E-state index contributed by atoms with van der Waals surface area (Å²) in [5, 5.41) is 0. The number of nitrogens with two attached hydrogens (primary N) is 1. The van der Waals surface area contributed by atoms with Gasteiger partial charge in [-0.25, -0.2) is 13.2 Å². The molecule has 1 atom stereocenters. The highest BCUT2D eigenvalue weighted by Crippen LogP contribution is 2.25. The summed E-state index contributed by atoms with van der Waals surface area (Å²) in [5.74, 6) is -0.747. The number of rotatable bonds is 5. The van der Waals surface area contributed by atoms with Crippen molar-refractivity contribution in [1.29, 1.82) is 0 Å². The van der Waals surface area contributed by atoms with Crippen molar-refractivity contribution in [3.8, 4) is 0 Å². The van der Waals surface area contributed by atoms with Crippen molar-refractivity contribution in [2.75, 3.05) is 29.9 Å². The number of hydrogen-bond donors (Lipinski definition) is 2. The summed E-state index contributed by atoms with van der Waals surface area (Å²) in [6.45, 7) is 0.583. The molecule has 0 unspecified atom stereocenters. The van der Waals surface area contributed by atoms with Crippen molar-refractivity contribution in [1.82, 2.24) is 0 Å². The van der Waals surface area contributed by atoms with Crippen molar-refractivity contribution in [2.45, 2.75) is 25.4 Å². The van der Waals surface area contributed by atoms with Gasteiger partial charge >= 0.3 is 5.97 Å². The van der Waals surface area contributed by atoms with E-state index in [1.165, 1.54) is 25.3 Å². The average molecular weight is 328 g/mol. The van der Waals surface area contributed by atoms with Crippen molar-refractivity contribution in [3.63, 3.8) is 0 Å². The fourth-order valence-electron chi connectivity index (χ4n) is 2.33. The van der Waals surface area contributed by atoms with Crippen molar-refractivity contribution in [3.05, 3.63) is 23.8 Å². The number of carbonyl (C=O) groups excluding carboxylic acids is 1. The van der Waals surface area contributed by atoms with Gasteiger partial charge in [0.25, 0.3) is 0 Å². The first-order chi connectivity index (χ1) is 10.4. The third kappa shape index (κ3) is 4.11. The average Bonchev–Trinajstić information content (AvgIpc) is 2.49. The Balaban J connectivity index is 2.13. The lowest BCUT2D eigenvalue weighted by molar-refractivity contribution is 0.0306. The number of anilines is 2. The van der Waals surface area contributed by atoms with Gasteiger partial charge in [0.15, 0.2) is 0 Å². The number of para-hydroxylation sites is 1. The second-order valence-electron chi connectivity index (χ2n) is 5.13. The molecule has 0 amide bonds. The third-order valence-corrected chi connectivity index (χ3v) is 4.80. The number of benzene rings is 1. The molecule has 0 bridgehead atoms. The molecule has 1 fully saturated rings. The Morgan fingerprint density at radius 3 is 2.86 bits per heavy atom. The molecule has 1 aromatic rings. The maximum atomic E-state index is 12.2. The van der Waals surface area contributed by atoms with Crippen LogP contribution in [-0.2, 0) is 19.5 Å². The topological polar surface area (TPSA) is 108 Å². The van der Waals surface area contributed by atoms with Gasteiger partial charge in [0.2, 0.25) is 10.0 Å². The van der Waals surface area contributed by atoms with Gasteiger partial charge in [-0.15, -0.1) is 0 Å². The van der Waals surface area contributed by atoms with E-state index >= 15 is 0 Å². The van der Waals surface area contributed by atoms with Gasteiger partial charge in [-0.05, 0) is 31.4 Å². The maximum absolute atomic E-state index is 12.2. The van der Waals surface area contributed by atoms with E-state index in [0.717, 1.165) is 19.3 Å². The molecule has 2 rings (SSSR count). The predicted molar refractivity (Wildman–Crippen MR) is 83.2 cm³/mol. The van der Waals surface area contributed by atoms with Gasteiger partial charge < -0.3 is 15.2 Å². The second kappa shape index (κ2) is 6.97. The zero-order valence-corrected chi connectivity index (χ0v) is 13.2. The van der Waals surface area contributed by atoms with Crippen LogP contribution in [0.25, 0.3) is 0 Å². The molecule has 0 aliphatic carbocycles.